The van der Waals surface area contributed by atoms with Gasteiger partial charge < -0.3 is 10.2 Å². The number of aromatic nitrogens is 2. The molecule has 0 aliphatic rings. The number of aromatic carboxylic acids is 1. The maximum Gasteiger partial charge on any atom is 0.337 e. The Bertz CT molecular complexity index is 800. The van der Waals surface area contributed by atoms with Crippen LogP contribution in [0.2, 0.25) is 0 Å². The van der Waals surface area contributed by atoms with Crippen LogP contribution in [0.1, 0.15) is 17.3 Å². The Hall–Kier alpha value is -2.39. The van der Waals surface area contributed by atoms with E-state index in [4.69, 9.17) is 0 Å². The lowest BCUT2D eigenvalue weighted by molar-refractivity contribution is 0.0697. The number of carbonyl (C=O) groups is 1. The van der Waals surface area contributed by atoms with Gasteiger partial charge in [0, 0.05) is 12.7 Å². The van der Waals surface area contributed by atoms with E-state index in [1.54, 1.807) is 0 Å². The maximum atomic E-state index is 12.8. The van der Waals surface area contributed by atoms with Gasteiger partial charge in [-0.3, -0.25) is 8.99 Å². The van der Waals surface area contributed by atoms with Crippen molar-refractivity contribution in [2.45, 2.75) is 18.4 Å². The molecule has 0 bridgehead atoms. The first-order valence-corrected chi connectivity index (χ1v) is 8.34. The van der Waals surface area contributed by atoms with Gasteiger partial charge in [-0.2, -0.15) is 5.10 Å². The maximum absolute atomic E-state index is 12.8. The van der Waals surface area contributed by atoms with Gasteiger partial charge in [-0.1, -0.05) is 12.1 Å². The van der Waals surface area contributed by atoms with E-state index in [1.807, 2.05) is 6.92 Å². The summed E-state index contributed by atoms with van der Waals surface area (Å²) in [7, 11) is -4.03. The Morgan fingerprint density at radius 1 is 1.35 bits per heavy atom. The number of hydrogen-bond donors (Lipinski definition) is 2. The number of aryl methyl sites for hydroxylation is 1. The molecule has 2 aromatic rings. The first-order valence-electron chi connectivity index (χ1n) is 6.90. The average Bonchev–Trinajstić information content (AvgIpc) is 3.02. The molecule has 0 saturated heterocycles. The molecule has 0 spiro atoms. The minimum Gasteiger partial charge on any atom is -0.478 e. The highest BCUT2D eigenvalue weighted by atomic mass is 32.2. The Kier molecular flexibility index (Phi) is 5.02. The number of carboxylic acids is 1. The molecule has 1 heterocycles. The molecule has 0 aliphatic heterocycles. The zero-order valence-electron chi connectivity index (χ0n) is 12.5. The number of aliphatic hydroxyl groups is 1. The summed E-state index contributed by atoms with van der Waals surface area (Å²) in [6.07, 6.45) is 2.57. The molecule has 0 amide bonds. The lowest BCUT2D eigenvalue weighted by Crippen LogP contribution is -2.34. The molecule has 0 radical (unpaired) electrons. The minimum absolute atomic E-state index is 0.00158. The van der Waals surface area contributed by atoms with E-state index in [-0.39, 0.29) is 22.7 Å². The van der Waals surface area contributed by atoms with E-state index in [2.05, 4.69) is 5.10 Å². The second kappa shape index (κ2) is 6.80. The molecule has 2 rings (SSSR count). The van der Waals surface area contributed by atoms with Crippen molar-refractivity contribution in [2.24, 2.45) is 0 Å². The molecule has 1 aromatic carbocycles. The predicted molar refractivity (Wildman–Crippen MR) is 82.9 cm³/mol. The predicted octanol–water partition coefficient (Wildman–Crippen LogP) is 0.789. The minimum atomic E-state index is -4.03. The number of benzene rings is 1. The van der Waals surface area contributed by atoms with E-state index in [9.17, 15) is 23.4 Å². The fraction of sp³-hybridized carbons (Fsp3) is 0.286. The number of anilines is 1. The highest BCUT2D eigenvalue weighted by Crippen LogP contribution is 2.26. The van der Waals surface area contributed by atoms with Gasteiger partial charge in [0.05, 0.1) is 30.6 Å². The van der Waals surface area contributed by atoms with E-state index >= 15 is 0 Å². The fourth-order valence-corrected chi connectivity index (χ4v) is 3.54. The molecule has 9 heteroatoms. The highest BCUT2D eigenvalue weighted by Gasteiger charge is 2.29. The van der Waals surface area contributed by atoms with Crippen molar-refractivity contribution in [3.05, 3.63) is 42.2 Å². The van der Waals surface area contributed by atoms with Crippen molar-refractivity contribution in [3.63, 3.8) is 0 Å². The molecule has 0 aliphatic carbocycles. The summed E-state index contributed by atoms with van der Waals surface area (Å²) in [5.41, 5.74) is -0.161. The number of hydrogen-bond acceptors (Lipinski definition) is 5. The number of rotatable bonds is 7. The van der Waals surface area contributed by atoms with E-state index < -0.39 is 22.6 Å². The van der Waals surface area contributed by atoms with Gasteiger partial charge in [-0.05, 0) is 19.1 Å². The Balaban J connectivity index is 2.56. The third-order valence-electron chi connectivity index (χ3n) is 3.23. The summed E-state index contributed by atoms with van der Waals surface area (Å²) in [5.74, 6) is -1.25. The zero-order chi connectivity index (χ0) is 17.0. The second-order valence-electron chi connectivity index (χ2n) is 4.65. The molecule has 124 valence electrons. The number of sulfonamides is 1. The van der Waals surface area contributed by atoms with Crippen LogP contribution in [-0.2, 0) is 16.6 Å². The molecular weight excluding hydrogens is 322 g/mol. The lowest BCUT2D eigenvalue weighted by Gasteiger charge is -2.24. The van der Waals surface area contributed by atoms with E-state index in [0.717, 1.165) is 4.31 Å². The van der Waals surface area contributed by atoms with Crippen molar-refractivity contribution >= 4 is 21.7 Å². The van der Waals surface area contributed by atoms with Crippen molar-refractivity contribution in [1.29, 1.82) is 0 Å². The smallest absolute Gasteiger partial charge is 0.337 e. The summed E-state index contributed by atoms with van der Waals surface area (Å²) in [6, 6.07) is 5.75. The third-order valence-corrected chi connectivity index (χ3v) is 4.99. The van der Waals surface area contributed by atoms with Gasteiger partial charge in [0.25, 0.3) is 10.0 Å². The number of nitrogens with zero attached hydrogens (tertiary/aromatic N) is 3. The van der Waals surface area contributed by atoms with Gasteiger partial charge in [-0.25, -0.2) is 13.2 Å². The molecule has 23 heavy (non-hydrogen) atoms. The monoisotopic (exact) mass is 339 g/mol. The summed E-state index contributed by atoms with van der Waals surface area (Å²) in [5, 5.41) is 22.4. The number of para-hydroxylation sites is 1. The topological polar surface area (TPSA) is 113 Å². The Labute approximate surface area is 133 Å². The first kappa shape index (κ1) is 17.0. The van der Waals surface area contributed by atoms with Crippen LogP contribution in [0.25, 0.3) is 0 Å². The normalized spacial score (nSPS) is 11.4. The van der Waals surface area contributed by atoms with Gasteiger partial charge >= 0.3 is 5.97 Å². The van der Waals surface area contributed by atoms with Gasteiger partial charge in [0.15, 0.2) is 0 Å². The molecule has 0 unspecified atom stereocenters. The Morgan fingerprint density at radius 2 is 2.04 bits per heavy atom. The lowest BCUT2D eigenvalue weighted by atomic mass is 10.2. The standard InChI is InChI=1S/C14H17N3O5S/c1-2-16-10-11(9-15-16)23(21,22)17(7-8-18)13-6-4-3-5-12(13)14(19)20/h3-6,9-10,18H,2,7-8H2,1H3,(H,19,20). The van der Waals surface area contributed by atoms with Crippen LogP contribution in [0, 0.1) is 0 Å². The molecular formula is C14H17N3O5S. The van der Waals surface area contributed by atoms with Crippen LogP contribution >= 0.6 is 0 Å². The fourth-order valence-electron chi connectivity index (χ4n) is 2.11. The molecule has 2 N–H and O–H groups in total. The summed E-state index contributed by atoms with van der Waals surface area (Å²) < 4.78 is 27.9. The Morgan fingerprint density at radius 3 is 2.61 bits per heavy atom. The van der Waals surface area contributed by atoms with Crippen LogP contribution in [0.5, 0.6) is 0 Å². The van der Waals surface area contributed by atoms with Crippen molar-refractivity contribution in [2.75, 3.05) is 17.5 Å². The molecule has 8 nitrogen and oxygen atoms in total. The van der Waals surface area contributed by atoms with Crippen molar-refractivity contribution < 1.29 is 23.4 Å². The number of aliphatic hydroxyl groups excluding tert-OH is 1. The van der Waals surface area contributed by atoms with Crippen molar-refractivity contribution in [3.8, 4) is 0 Å². The molecule has 0 atom stereocenters. The van der Waals surface area contributed by atoms with Gasteiger partial charge in [0.2, 0.25) is 0 Å². The summed E-state index contributed by atoms with van der Waals surface area (Å²) in [4.78, 5) is 11.3. The van der Waals surface area contributed by atoms with Crippen LogP contribution in [0.4, 0.5) is 5.69 Å². The molecule has 1 aromatic heterocycles. The van der Waals surface area contributed by atoms with Crippen LogP contribution in [0.15, 0.2) is 41.6 Å². The van der Waals surface area contributed by atoms with E-state index in [1.165, 1.54) is 41.3 Å². The summed E-state index contributed by atoms with van der Waals surface area (Å²) >= 11 is 0. The first-order chi connectivity index (χ1) is 10.9. The average molecular weight is 339 g/mol. The molecule has 0 saturated carbocycles. The van der Waals surface area contributed by atoms with Crippen LogP contribution in [-0.4, -0.2) is 47.5 Å². The van der Waals surface area contributed by atoms with Gasteiger partial charge in [-0.15, -0.1) is 0 Å². The zero-order valence-corrected chi connectivity index (χ0v) is 13.3. The second-order valence-corrected chi connectivity index (χ2v) is 6.52. The van der Waals surface area contributed by atoms with E-state index in [0.29, 0.717) is 6.54 Å². The highest BCUT2D eigenvalue weighted by molar-refractivity contribution is 7.92. The van der Waals surface area contributed by atoms with Crippen molar-refractivity contribution in [1.82, 2.24) is 9.78 Å². The quantitative estimate of drug-likeness (QED) is 0.771. The SMILES string of the molecule is CCn1cc(S(=O)(=O)N(CCO)c2ccccc2C(=O)O)cn1. The van der Waals surface area contributed by atoms with Crippen LogP contribution in [0.3, 0.4) is 0 Å². The number of carboxylic acid groups (broad SMARTS) is 1. The largest absolute Gasteiger partial charge is 0.478 e. The third kappa shape index (κ3) is 3.35. The molecule has 0 fully saturated rings. The van der Waals surface area contributed by atoms with Crippen LogP contribution < -0.4 is 4.31 Å². The summed E-state index contributed by atoms with van der Waals surface area (Å²) in [6.45, 7) is 1.61. The van der Waals surface area contributed by atoms with Gasteiger partial charge in [0.1, 0.15) is 4.90 Å².